The molecule has 12 heavy (non-hydrogen) atoms. The molecule has 0 aliphatic carbocycles. The van der Waals surface area contributed by atoms with Crippen LogP contribution in [0.2, 0.25) is 0 Å². The van der Waals surface area contributed by atoms with Gasteiger partial charge in [0.25, 0.3) is 0 Å². The maximum absolute atomic E-state index is 2.51. The zero-order valence-corrected chi connectivity index (χ0v) is 10.1. The number of alkyl halides is 1. The van der Waals surface area contributed by atoms with Gasteiger partial charge in [0, 0.05) is 17.5 Å². The van der Waals surface area contributed by atoms with Crippen LogP contribution < -0.4 is 0 Å². The molecule has 2 unspecified atom stereocenters. The van der Waals surface area contributed by atoms with Crippen molar-refractivity contribution in [1.29, 1.82) is 0 Å². The summed E-state index contributed by atoms with van der Waals surface area (Å²) in [5, 5.41) is 0. The molecule has 0 bridgehead atoms. The van der Waals surface area contributed by atoms with Crippen LogP contribution in [0.1, 0.15) is 26.2 Å². The van der Waals surface area contributed by atoms with E-state index in [9.17, 15) is 0 Å². The van der Waals surface area contributed by atoms with Crippen molar-refractivity contribution < 1.29 is 0 Å². The maximum Gasteiger partial charge on any atom is 0.0200 e. The second-order valence-corrected chi connectivity index (χ2v) is 5.91. The van der Waals surface area contributed by atoms with E-state index in [1.165, 1.54) is 25.8 Å². The van der Waals surface area contributed by atoms with Gasteiger partial charge in [-0.15, -0.1) is 0 Å². The molecule has 1 aliphatic heterocycles. The van der Waals surface area contributed by atoms with Crippen LogP contribution in [0.3, 0.4) is 0 Å². The molecule has 0 aromatic heterocycles. The van der Waals surface area contributed by atoms with Gasteiger partial charge in [0.1, 0.15) is 0 Å². The lowest BCUT2D eigenvalue weighted by atomic mass is 9.96. The SMILES string of the molecule is CC(I)CCC1CC=CN(C)C1. The highest BCUT2D eigenvalue weighted by atomic mass is 127. The van der Waals surface area contributed by atoms with Gasteiger partial charge in [-0.2, -0.15) is 0 Å². The van der Waals surface area contributed by atoms with Crippen molar-refractivity contribution in [1.82, 2.24) is 4.90 Å². The summed E-state index contributed by atoms with van der Waals surface area (Å²) in [5.41, 5.74) is 0. The van der Waals surface area contributed by atoms with E-state index in [4.69, 9.17) is 0 Å². The van der Waals surface area contributed by atoms with Gasteiger partial charge in [0.2, 0.25) is 0 Å². The van der Waals surface area contributed by atoms with Crippen molar-refractivity contribution in [2.45, 2.75) is 30.1 Å². The van der Waals surface area contributed by atoms with Gasteiger partial charge in [-0.1, -0.05) is 35.6 Å². The van der Waals surface area contributed by atoms with Crippen molar-refractivity contribution in [3.05, 3.63) is 12.3 Å². The van der Waals surface area contributed by atoms with Crippen LogP contribution in [-0.4, -0.2) is 22.4 Å². The monoisotopic (exact) mass is 279 g/mol. The molecule has 1 heterocycles. The van der Waals surface area contributed by atoms with Crippen LogP contribution in [0, 0.1) is 5.92 Å². The number of hydrogen-bond acceptors (Lipinski definition) is 1. The number of nitrogens with zero attached hydrogens (tertiary/aromatic N) is 1. The molecule has 2 heteroatoms. The molecule has 2 atom stereocenters. The van der Waals surface area contributed by atoms with Gasteiger partial charge in [-0.3, -0.25) is 0 Å². The molecule has 0 N–H and O–H groups in total. The second kappa shape index (κ2) is 5.10. The van der Waals surface area contributed by atoms with Gasteiger partial charge in [-0.25, -0.2) is 0 Å². The minimum Gasteiger partial charge on any atom is -0.380 e. The van der Waals surface area contributed by atoms with Crippen molar-refractivity contribution in [2.24, 2.45) is 5.92 Å². The van der Waals surface area contributed by atoms with Crippen LogP contribution in [0.15, 0.2) is 12.3 Å². The predicted octanol–water partition coefficient (Wildman–Crippen LogP) is 3.06. The normalized spacial score (nSPS) is 25.9. The van der Waals surface area contributed by atoms with Crippen molar-refractivity contribution in [3.63, 3.8) is 0 Å². The van der Waals surface area contributed by atoms with Gasteiger partial charge < -0.3 is 4.90 Å². The second-order valence-electron chi connectivity index (χ2n) is 3.78. The van der Waals surface area contributed by atoms with Crippen LogP contribution in [0.5, 0.6) is 0 Å². The van der Waals surface area contributed by atoms with E-state index in [1.54, 1.807) is 0 Å². The average Bonchev–Trinajstić information content (AvgIpc) is 2.01. The fraction of sp³-hybridized carbons (Fsp3) is 0.800. The Hall–Kier alpha value is 0.270. The lowest BCUT2D eigenvalue weighted by Gasteiger charge is -2.26. The first kappa shape index (κ1) is 10.4. The zero-order chi connectivity index (χ0) is 8.97. The van der Waals surface area contributed by atoms with Crippen molar-refractivity contribution >= 4 is 22.6 Å². The zero-order valence-electron chi connectivity index (χ0n) is 7.96. The summed E-state index contributed by atoms with van der Waals surface area (Å²) >= 11 is 2.51. The van der Waals surface area contributed by atoms with Crippen LogP contribution >= 0.6 is 22.6 Å². The summed E-state index contributed by atoms with van der Waals surface area (Å²) in [6, 6.07) is 0. The van der Waals surface area contributed by atoms with E-state index in [1.807, 2.05) is 0 Å². The third kappa shape index (κ3) is 3.78. The highest BCUT2D eigenvalue weighted by Crippen LogP contribution is 2.20. The molecule has 0 saturated carbocycles. The Morgan fingerprint density at radius 3 is 3.00 bits per heavy atom. The molecule has 0 spiro atoms. The van der Waals surface area contributed by atoms with Crippen molar-refractivity contribution in [3.8, 4) is 0 Å². The fourth-order valence-corrected chi connectivity index (χ4v) is 2.01. The van der Waals surface area contributed by atoms with Gasteiger partial charge in [0.05, 0.1) is 0 Å². The van der Waals surface area contributed by atoms with E-state index in [-0.39, 0.29) is 0 Å². The fourth-order valence-electron chi connectivity index (χ4n) is 1.65. The highest BCUT2D eigenvalue weighted by Gasteiger charge is 2.12. The summed E-state index contributed by atoms with van der Waals surface area (Å²) < 4.78 is 0.832. The Labute approximate surface area is 89.3 Å². The smallest absolute Gasteiger partial charge is 0.0200 e. The van der Waals surface area contributed by atoms with E-state index in [0.29, 0.717) is 0 Å². The first-order valence-electron chi connectivity index (χ1n) is 4.69. The Balaban J connectivity index is 2.21. The molecule has 1 aliphatic rings. The molecule has 0 aromatic carbocycles. The largest absolute Gasteiger partial charge is 0.380 e. The maximum atomic E-state index is 2.51. The van der Waals surface area contributed by atoms with Crippen LogP contribution in [0.25, 0.3) is 0 Å². The Morgan fingerprint density at radius 1 is 1.67 bits per heavy atom. The predicted molar refractivity (Wildman–Crippen MR) is 62.6 cm³/mol. The minimum atomic E-state index is 0.832. The molecule has 1 rings (SSSR count). The molecule has 0 aromatic rings. The Bertz CT molecular complexity index is 154. The summed E-state index contributed by atoms with van der Waals surface area (Å²) in [6.07, 6.45) is 8.54. The molecule has 1 nitrogen and oxygen atoms in total. The van der Waals surface area contributed by atoms with E-state index in [0.717, 1.165) is 9.84 Å². The lowest BCUT2D eigenvalue weighted by Crippen LogP contribution is -2.24. The molecular formula is C10H18IN. The molecule has 70 valence electrons. The molecular weight excluding hydrogens is 261 g/mol. The molecule has 0 fully saturated rings. The van der Waals surface area contributed by atoms with Crippen LogP contribution in [-0.2, 0) is 0 Å². The standard InChI is InChI=1S/C10H18IN/c1-9(11)5-6-10-4-3-7-12(2)8-10/h3,7,9-10H,4-6,8H2,1-2H3. The summed E-state index contributed by atoms with van der Waals surface area (Å²) in [6.45, 7) is 3.54. The average molecular weight is 279 g/mol. The van der Waals surface area contributed by atoms with Crippen LogP contribution in [0.4, 0.5) is 0 Å². The minimum absolute atomic E-state index is 0.832. The summed E-state index contributed by atoms with van der Waals surface area (Å²) in [7, 11) is 2.16. The van der Waals surface area contributed by atoms with Crippen molar-refractivity contribution in [2.75, 3.05) is 13.6 Å². The van der Waals surface area contributed by atoms with E-state index >= 15 is 0 Å². The summed E-state index contributed by atoms with van der Waals surface area (Å²) in [4.78, 5) is 2.30. The van der Waals surface area contributed by atoms with E-state index < -0.39 is 0 Å². The molecule has 0 radical (unpaired) electrons. The highest BCUT2D eigenvalue weighted by molar-refractivity contribution is 14.1. The number of hydrogen-bond donors (Lipinski definition) is 0. The third-order valence-electron chi connectivity index (χ3n) is 2.35. The molecule has 0 saturated heterocycles. The van der Waals surface area contributed by atoms with Gasteiger partial charge >= 0.3 is 0 Å². The number of halogens is 1. The number of rotatable bonds is 3. The van der Waals surface area contributed by atoms with Gasteiger partial charge in [0.15, 0.2) is 0 Å². The van der Waals surface area contributed by atoms with Gasteiger partial charge in [-0.05, 0) is 31.4 Å². The lowest BCUT2D eigenvalue weighted by molar-refractivity contribution is 0.315. The number of allylic oxidation sites excluding steroid dienone is 1. The first-order valence-corrected chi connectivity index (χ1v) is 5.94. The Kier molecular flexibility index (Phi) is 4.40. The topological polar surface area (TPSA) is 3.24 Å². The van der Waals surface area contributed by atoms with E-state index in [2.05, 4.69) is 53.7 Å². The Morgan fingerprint density at radius 2 is 2.42 bits per heavy atom. The molecule has 0 amide bonds. The summed E-state index contributed by atoms with van der Waals surface area (Å²) in [5.74, 6) is 0.900. The third-order valence-corrected chi connectivity index (χ3v) is 2.97. The first-order chi connectivity index (χ1) is 5.68. The quantitative estimate of drug-likeness (QED) is 0.567.